The summed E-state index contributed by atoms with van der Waals surface area (Å²) in [6, 6.07) is 1.61. The molecule has 23 heavy (non-hydrogen) atoms. The summed E-state index contributed by atoms with van der Waals surface area (Å²) in [5.74, 6) is -3.45. The third kappa shape index (κ3) is 3.30. The molecule has 1 aliphatic rings. The average molecular weight is 332 g/mol. The number of hydrogen-bond acceptors (Lipinski definition) is 9. The zero-order valence-electron chi connectivity index (χ0n) is 11.6. The van der Waals surface area contributed by atoms with Crippen molar-refractivity contribution in [2.75, 3.05) is 6.61 Å². The molecule has 1 heterocycles. The minimum atomic E-state index is -1.74. The highest BCUT2D eigenvalue weighted by molar-refractivity contribution is 5.89. The minimum absolute atomic E-state index is 0.402. The second-order valence-corrected chi connectivity index (χ2v) is 4.96. The van der Waals surface area contributed by atoms with Gasteiger partial charge in [-0.3, -0.25) is 0 Å². The first kappa shape index (κ1) is 17.2. The van der Waals surface area contributed by atoms with Gasteiger partial charge >= 0.3 is 5.97 Å². The number of phenols is 2. The number of phenolic OH excluding ortho intramolecular Hbond substituents is 2. The molecule has 1 saturated heterocycles. The van der Waals surface area contributed by atoms with Gasteiger partial charge in [0.05, 0.1) is 12.2 Å². The van der Waals surface area contributed by atoms with Crippen LogP contribution in [0.3, 0.4) is 0 Å². The van der Waals surface area contributed by atoms with Crippen molar-refractivity contribution in [2.24, 2.45) is 0 Å². The number of aliphatic hydroxyl groups is 4. The Kier molecular flexibility index (Phi) is 4.92. The second-order valence-electron chi connectivity index (χ2n) is 4.96. The van der Waals surface area contributed by atoms with E-state index in [1.807, 2.05) is 0 Å². The fraction of sp³-hybridized carbons (Fsp3) is 0.462. The van der Waals surface area contributed by atoms with Crippen LogP contribution in [0.4, 0.5) is 0 Å². The number of carbonyl (C=O) groups is 1. The van der Waals surface area contributed by atoms with E-state index in [2.05, 4.69) is 0 Å². The summed E-state index contributed by atoms with van der Waals surface area (Å²) >= 11 is 0. The first-order valence-electron chi connectivity index (χ1n) is 6.52. The highest BCUT2D eigenvalue weighted by Crippen LogP contribution is 2.39. The zero-order valence-corrected chi connectivity index (χ0v) is 11.6. The van der Waals surface area contributed by atoms with Crippen molar-refractivity contribution in [1.82, 2.24) is 0 Å². The fourth-order valence-electron chi connectivity index (χ4n) is 2.12. The minimum Gasteiger partial charge on any atom is -0.504 e. The van der Waals surface area contributed by atoms with Gasteiger partial charge < -0.3 is 45.2 Å². The van der Waals surface area contributed by atoms with Gasteiger partial charge in [0, 0.05) is 0 Å². The predicted octanol–water partition coefficient (Wildman–Crippen LogP) is -2.03. The third-order valence-corrected chi connectivity index (χ3v) is 3.38. The van der Waals surface area contributed by atoms with Crippen LogP contribution in [0.5, 0.6) is 17.2 Å². The van der Waals surface area contributed by atoms with Crippen LogP contribution in [0.25, 0.3) is 0 Å². The first-order valence-corrected chi connectivity index (χ1v) is 6.52. The molecule has 5 atom stereocenters. The molecular weight excluding hydrogens is 316 g/mol. The summed E-state index contributed by atoms with van der Waals surface area (Å²) in [5.41, 5.74) is -0.402. The van der Waals surface area contributed by atoms with E-state index in [-0.39, 0.29) is 0 Å². The molecule has 1 fully saturated rings. The highest BCUT2D eigenvalue weighted by Gasteiger charge is 2.45. The smallest absolute Gasteiger partial charge is 0.335 e. The van der Waals surface area contributed by atoms with E-state index < -0.39 is 66.1 Å². The van der Waals surface area contributed by atoms with Crippen molar-refractivity contribution < 1.29 is 50.0 Å². The normalized spacial score (nSPS) is 30.9. The molecule has 2 rings (SSSR count). The van der Waals surface area contributed by atoms with E-state index in [1.165, 1.54) is 0 Å². The first-order chi connectivity index (χ1) is 10.8. The van der Waals surface area contributed by atoms with Crippen LogP contribution in [-0.2, 0) is 4.74 Å². The SMILES string of the molecule is O=C(O)c1cc(O)c(O[C@@H]2O[C@H](CO)[C@@H](O)[C@H](O)[C@H]2O)c(O)c1. The topological polar surface area (TPSA) is 177 Å². The molecule has 0 saturated carbocycles. The van der Waals surface area contributed by atoms with E-state index in [4.69, 9.17) is 19.7 Å². The number of aromatic carboxylic acids is 1. The van der Waals surface area contributed by atoms with E-state index in [0.717, 1.165) is 12.1 Å². The van der Waals surface area contributed by atoms with Gasteiger partial charge in [0.1, 0.15) is 24.4 Å². The van der Waals surface area contributed by atoms with E-state index in [9.17, 15) is 30.3 Å². The van der Waals surface area contributed by atoms with Gasteiger partial charge in [0.15, 0.2) is 11.5 Å². The van der Waals surface area contributed by atoms with Crippen LogP contribution in [0.1, 0.15) is 10.4 Å². The van der Waals surface area contributed by atoms with Crippen LogP contribution >= 0.6 is 0 Å². The third-order valence-electron chi connectivity index (χ3n) is 3.38. The Bertz CT molecular complexity index is 563. The average Bonchev–Trinajstić information content (AvgIpc) is 2.50. The Labute approximate surface area is 129 Å². The molecule has 0 unspecified atom stereocenters. The monoisotopic (exact) mass is 332 g/mol. The van der Waals surface area contributed by atoms with Gasteiger partial charge in [0.25, 0.3) is 0 Å². The summed E-state index contributed by atoms with van der Waals surface area (Å²) in [6.07, 6.45) is -7.90. The Morgan fingerprint density at radius 1 is 1.09 bits per heavy atom. The Morgan fingerprint density at radius 2 is 1.65 bits per heavy atom. The summed E-state index contributed by atoms with van der Waals surface area (Å²) < 4.78 is 10.1. The summed E-state index contributed by atoms with van der Waals surface area (Å²) in [6.45, 7) is -0.680. The fourth-order valence-corrected chi connectivity index (χ4v) is 2.12. The summed E-state index contributed by atoms with van der Waals surface area (Å²) in [4.78, 5) is 10.8. The van der Waals surface area contributed by atoms with Gasteiger partial charge in [0.2, 0.25) is 12.0 Å². The number of rotatable bonds is 4. The zero-order chi connectivity index (χ0) is 17.3. The van der Waals surface area contributed by atoms with Crippen molar-refractivity contribution in [2.45, 2.75) is 30.7 Å². The molecular formula is C13H16O10. The lowest BCUT2D eigenvalue weighted by atomic mass is 9.99. The quantitative estimate of drug-likeness (QED) is 0.325. The molecule has 10 heteroatoms. The molecule has 128 valence electrons. The molecule has 0 aromatic heterocycles. The van der Waals surface area contributed by atoms with Crippen LogP contribution in [0, 0.1) is 0 Å². The Morgan fingerprint density at radius 3 is 2.13 bits per heavy atom. The number of aromatic hydroxyl groups is 2. The summed E-state index contributed by atoms with van der Waals surface area (Å²) in [7, 11) is 0. The van der Waals surface area contributed by atoms with Crippen LogP contribution < -0.4 is 4.74 Å². The van der Waals surface area contributed by atoms with Gasteiger partial charge in [-0.15, -0.1) is 0 Å². The van der Waals surface area contributed by atoms with E-state index >= 15 is 0 Å². The summed E-state index contributed by atoms with van der Waals surface area (Å²) in [5, 5.41) is 66.4. The Hall–Kier alpha value is -2.11. The number of carboxylic acid groups (broad SMARTS) is 1. The largest absolute Gasteiger partial charge is 0.504 e. The maximum Gasteiger partial charge on any atom is 0.335 e. The highest BCUT2D eigenvalue weighted by atomic mass is 16.7. The van der Waals surface area contributed by atoms with Crippen LogP contribution in [-0.4, -0.2) is 79.0 Å². The maximum atomic E-state index is 10.8. The lowest BCUT2D eigenvalue weighted by Crippen LogP contribution is -2.60. The molecule has 1 aliphatic heterocycles. The molecule has 1 aromatic rings. The number of aliphatic hydroxyl groups excluding tert-OH is 4. The van der Waals surface area contributed by atoms with Gasteiger partial charge in [-0.05, 0) is 12.1 Å². The van der Waals surface area contributed by atoms with Gasteiger partial charge in [-0.25, -0.2) is 4.79 Å². The van der Waals surface area contributed by atoms with Crippen molar-refractivity contribution in [1.29, 1.82) is 0 Å². The van der Waals surface area contributed by atoms with Crippen molar-refractivity contribution in [3.8, 4) is 17.2 Å². The number of ether oxygens (including phenoxy) is 2. The molecule has 0 bridgehead atoms. The lowest BCUT2D eigenvalue weighted by Gasteiger charge is -2.39. The molecule has 10 nitrogen and oxygen atoms in total. The molecule has 0 radical (unpaired) electrons. The van der Waals surface area contributed by atoms with Crippen molar-refractivity contribution in [3.63, 3.8) is 0 Å². The van der Waals surface area contributed by atoms with Crippen LogP contribution in [0.2, 0.25) is 0 Å². The number of hydrogen-bond donors (Lipinski definition) is 7. The molecule has 0 aliphatic carbocycles. The molecule has 1 aromatic carbocycles. The molecule has 0 amide bonds. The predicted molar refractivity (Wildman–Crippen MR) is 71.1 cm³/mol. The van der Waals surface area contributed by atoms with Crippen molar-refractivity contribution in [3.05, 3.63) is 17.7 Å². The number of carboxylic acids is 1. The maximum absolute atomic E-state index is 10.8. The lowest BCUT2D eigenvalue weighted by molar-refractivity contribution is -0.277. The molecule has 7 N–H and O–H groups in total. The molecule has 0 spiro atoms. The van der Waals surface area contributed by atoms with E-state index in [1.54, 1.807) is 0 Å². The van der Waals surface area contributed by atoms with Gasteiger partial charge in [-0.1, -0.05) is 0 Å². The second kappa shape index (κ2) is 6.56. The standard InChI is InChI=1S/C13H16O10/c14-3-7-8(17)9(18)10(19)13(22-7)23-11-5(15)1-4(12(20)21)2-6(11)16/h1-2,7-10,13-19H,3H2,(H,20,21)/t7-,8-,9+,10-,13+/m1/s1. The van der Waals surface area contributed by atoms with Crippen LogP contribution in [0.15, 0.2) is 12.1 Å². The van der Waals surface area contributed by atoms with Gasteiger partial charge in [-0.2, -0.15) is 0 Å². The number of benzene rings is 1. The van der Waals surface area contributed by atoms with E-state index in [0.29, 0.717) is 0 Å². The van der Waals surface area contributed by atoms with Crippen molar-refractivity contribution >= 4 is 5.97 Å². The Balaban J connectivity index is 2.26.